The maximum Gasteiger partial charge on any atom is 0.129 e. The molecule has 5 rings (SSSR count). The summed E-state index contributed by atoms with van der Waals surface area (Å²) in [4.78, 5) is 16.0. The fraction of sp³-hybridized carbons (Fsp3) is 0.458. The molecule has 7 nitrogen and oxygen atoms in total. The lowest BCUT2D eigenvalue weighted by molar-refractivity contribution is -0.0349. The minimum Gasteiger partial charge on any atom is -0.376 e. The van der Waals surface area contributed by atoms with Gasteiger partial charge in [-0.3, -0.25) is 9.88 Å². The van der Waals surface area contributed by atoms with E-state index in [-0.39, 0.29) is 6.10 Å². The van der Waals surface area contributed by atoms with Gasteiger partial charge >= 0.3 is 0 Å². The zero-order valence-electron chi connectivity index (χ0n) is 18.7. The van der Waals surface area contributed by atoms with Crippen molar-refractivity contribution in [3.63, 3.8) is 0 Å². The highest BCUT2D eigenvalue weighted by Gasteiger charge is 2.22. The highest BCUT2D eigenvalue weighted by atomic mass is 35.5. The van der Waals surface area contributed by atoms with Gasteiger partial charge < -0.3 is 14.6 Å². The van der Waals surface area contributed by atoms with E-state index in [1.54, 1.807) is 12.3 Å². The van der Waals surface area contributed by atoms with Gasteiger partial charge in [0.05, 0.1) is 35.7 Å². The summed E-state index contributed by atoms with van der Waals surface area (Å²) < 4.78 is 8.34. The monoisotopic (exact) mass is 486 g/mol. The van der Waals surface area contributed by atoms with E-state index < -0.39 is 0 Å². The van der Waals surface area contributed by atoms with Gasteiger partial charge in [-0.2, -0.15) is 0 Å². The summed E-state index contributed by atoms with van der Waals surface area (Å²) >= 11 is 12.4. The van der Waals surface area contributed by atoms with Crippen LogP contribution in [-0.4, -0.2) is 56.8 Å². The average molecular weight is 487 g/mol. The minimum absolute atomic E-state index is 0.214. The molecule has 0 aliphatic carbocycles. The van der Waals surface area contributed by atoms with E-state index in [0.29, 0.717) is 10.2 Å². The Morgan fingerprint density at radius 2 is 2.09 bits per heavy atom. The van der Waals surface area contributed by atoms with Gasteiger partial charge in [-0.15, -0.1) is 0 Å². The Balaban J connectivity index is 1.18. The van der Waals surface area contributed by atoms with Crippen molar-refractivity contribution in [3.8, 4) is 11.3 Å². The van der Waals surface area contributed by atoms with Crippen molar-refractivity contribution in [2.24, 2.45) is 0 Å². The molecule has 33 heavy (non-hydrogen) atoms. The SMILES string of the molecule is Cc1cc(CCC2CN(Cc3cn4c(n3)CNCC4)CCO2)cnc1-c1cc(Cl)ncc1Cl. The molecule has 0 saturated carbocycles. The summed E-state index contributed by atoms with van der Waals surface area (Å²) in [6, 6.07) is 3.94. The third-order valence-electron chi connectivity index (χ3n) is 6.30. The molecular weight excluding hydrogens is 459 g/mol. The van der Waals surface area contributed by atoms with Gasteiger partial charge in [0.15, 0.2) is 0 Å². The molecule has 1 unspecified atom stereocenters. The fourth-order valence-corrected chi connectivity index (χ4v) is 4.98. The number of hydrogen-bond acceptors (Lipinski definition) is 6. The van der Waals surface area contributed by atoms with Crippen LogP contribution in [0.1, 0.15) is 29.1 Å². The molecule has 2 aliphatic heterocycles. The van der Waals surface area contributed by atoms with Gasteiger partial charge in [0, 0.05) is 56.9 Å². The zero-order valence-corrected chi connectivity index (χ0v) is 20.2. The van der Waals surface area contributed by atoms with Gasteiger partial charge in [-0.05, 0) is 37.0 Å². The van der Waals surface area contributed by atoms with E-state index in [0.717, 1.165) is 87.1 Å². The maximum absolute atomic E-state index is 6.32. The highest BCUT2D eigenvalue weighted by molar-refractivity contribution is 6.34. The molecule has 3 aromatic heterocycles. The first-order valence-electron chi connectivity index (χ1n) is 11.4. The molecule has 0 aromatic carbocycles. The van der Waals surface area contributed by atoms with Gasteiger partial charge in [0.25, 0.3) is 0 Å². The lowest BCUT2D eigenvalue weighted by Gasteiger charge is -2.32. The molecule has 1 fully saturated rings. The van der Waals surface area contributed by atoms with Crippen molar-refractivity contribution in [1.29, 1.82) is 0 Å². The van der Waals surface area contributed by atoms with Crippen LogP contribution in [0.3, 0.4) is 0 Å². The molecule has 0 radical (unpaired) electrons. The van der Waals surface area contributed by atoms with E-state index >= 15 is 0 Å². The third-order valence-corrected chi connectivity index (χ3v) is 6.81. The van der Waals surface area contributed by atoms with E-state index in [4.69, 9.17) is 32.9 Å². The quantitative estimate of drug-likeness (QED) is 0.533. The van der Waals surface area contributed by atoms with Crippen molar-refractivity contribution in [1.82, 2.24) is 29.7 Å². The van der Waals surface area contributed by atoms with Crippen LogP contribution in [0.15, 0.2) is 30.7 Å². The molecule has 9 heteroatoms. The first-order chi connectivity index (χ1) is 16.0. The van der Waals surface area contributed by atoms with E-state index in [1.807, 2.05) is 6.20 Å². The molecule has 1 saturated heterocycles. The summed E-state index contributed by atoms with van der Waals surface area (Å²) in [6.45, 7) is 8.44. The van der Waals surface area contributed by atoms with Gasteiger partial charge in [-0.25, -0.2) is 9.97 Å². The summed E-state index contributed by atoms with van der Waals surface area (Å²) in [5.41, 5.74) is 5.07. The molecule has 2 aliphatic rings. The summed E-state index contributed by atoms with van der Waals surface area (Å²) in [5.74, 6) is 1.14. The Bertz CT molecular complexity index is 1110. The van der Waals surface area contributed by atoms with E-state index in [1.165, 1.54) is 5.56 Å². The molecule has 5 heterocycles. The fourth-order valence-electron chi connectivity index (χ4n) is 4.63. The number of aryl methyl sites for hydroxylation is 2. The number of nitrogens with zero attached hydrogens (tertiary/aromatic N) is 5. The number of nitrogens with one attached hydrogen (secondary N) is 1. The number of imidazole rings is 1. The smallest absolute Gasteiger partial charge is 0.129 e. The minimum atomic E-state index is 0.214. The normalized spacial score (nSPS) is 18.9. The summed E-state index contributed by atoms with van der Waals surface area (Å²) in [5, 5.41) is 4.34. The number of pyridine rings is 2. The van der Waals surface area contributed by atoms with Crippen LogP contribution in [0.2, 0.25) is 10.2 Å². The summed E-state index contributed by atoms with van der Waals surface area (Å²) in [7, 11) is 0. The Labute approximate surface area is 204 Å². The molecule has 1 atom stereocenters. The number of rotatable bonds is 6. The second kappa shape index (κ2) is 10.1. The first-order valence-corrected chi connectivity index (χ1v) is 12.2. The van der Waals surface area contributed by atoms with Crippen LogP contribution < -0.4 is 5.32 Å². The van der Waals surface area contributed by atoms with Crippen molar-refractivity contribution in [2.45, 2.75) is 45.5 Å². The molecule has 0 spiro atoms. The summed E-state index contributed by atoms with van der Waals surface area (Å²) in [6.07, 6.45) is 7.79. The van der Waals surface area contributed by atoms with Crippen molar-refractivity contribution >= 4 is 23.2 Å². The van der Waals surface area contributed by atoms with E-state index in [2.05, 4.69) is 43.9 Å². The third kappa shape index (κ3) is 5.39. The van der Waals surface area contributed by atoms with Crippen LogP contribution in [0.25, 0.3) is 11.3 Å². The largest absolute Gasteiger partial charge is 0.376 e. The van der Waals surface area contributed by atoms with Crippen molar-refractivity contribution in [3.05, 3.63) is 63.5 Å². The average Bonchev–Trinajstić information content (AvgIpc) is 3.22. The Kier molecular flexibility index (Phi) is 6.94. The van der Waals surface area contributed by atoms with Crippen molar-refractivity contribution in [2.75, 3.05) is 26.2 Å². The van der Waals surface area contributed by atoms with Crippen LogP contribution in [0.5, 0.6) is 0 Å². The molecule has 3 aromatic rings. The van der Waals surface area contributed by atoms with Crippen LogP contribution >= 0.6 is 23.2 Å². The molecule has 0 amide bonds. The van der Waals surface area contributed by atoms with Crippen LogP contribution in [-0.2, 0) is 30.8 Å². The number of aromatic nitrogens is 4. The first kappa shape index (κ1) is 22.7. The topological polar surface area (TPSA) is 68.1 Å². The Morgan fingerprint density at radius 1 is 1.18 bits per heavy atom. The predicted molar refractivity (Wildman–Crippen MR) is 129 cm³/mol. The standard InChI is InChI=1S/C24H28Cl2N6O/c1-16-8-17(10-29-24(16)20-9-22(26)28-11-21(20)25)2-3-19-15-31(6-7-33-19)13-18-14-32-5-4-27-12-23(32)30-18/h8-11,14,19,27H,2-7,12-13,15H2,1H3. The molecular formula is C24H28Cl2N6O. The Hall–Kier alpha value is -2.03. The van der Waals surface area contributed by atoms with Crippen LogP contribution in [0.4, 0.5) is 0 Å². The number of fused-ring (bicyclic) bond motifs is 1. The number of halogens is 2. The van der Waals surface area contributed by atoms with Crippen LogP contribution in [0, 0.1) is 6.92 Å². The van der Waals surface area contributed by atoms with E-state index in [9.17, 15) is 0 Å². The lowest BCUT2D eigenvalue weighted by Crippen LogP contribution is -2.42. The predicted octanol–water partition coefficient (Wildman–Crippen LogP) is 3.89. The van der Waals surface area contributed by atoms with Gasteiger partial charge in [0.2, 0.25) is 0 Å². The highest BCUT2D eigenvalue weighted by Crippen LogP contribution is 2.30. The molecule has 174 valence electrons. The Morgan fingerprint density at radius 3 is 2.94 bits per heavy atom. The second-order valence-corrected chi connectivity index (χ2v) is 9.58. The molecule has 1 N–H and O–H groups in total. The maximum atomic E-state index is 6.32. The van der Waals surface area contributed by atoms with Crippen molar-refractivity contribution < 1.29 is 4.74 Å². The zero-order chi connectivity index (χ0) is 22.8. The second-order valence-electron chi connectivity index (χ2n) is 8.78. The lowest BCUT2D eigenvalue weighted by atomic mass is 10.0. The number of hydrogen-bond donors (Lipinski definition) is 1. The number of ether oxygens (including phenoxy) is 1. The molecule has 0 bridgehead atoms. The van der Waals surface area contributed by atoms with Gasteiger partial charge in [0.1, 0.15) is 11.0 Å². The van der Waals surface area contributed by atoms with Gasteiger partial charge in [-0.1, -0.05) is 29.3 Å². The number of morpholine rings is 1.